The molecule has 3 rings (SSSR count). The molecular weight excluding hydrogens is 365 g/mol. The van der Waals surface area contributed by atoms with Crippen LogP contribution in [0.5, 0.6) is 0 Å². The summed E-state index contributed by atoms with van der Waals surface area (Å²) in [6.45, 7) is -0.606. The molecule has 0 spiro atoms. The number of phosphoric ester groups is 1. The van der Waals surface area contributed by atoms with Gasteiger partial charge in [0.05, 0.1) is 12.9 Å². The number of hydrogen-bond donors (Lipinski definition) is 6. The van der Waals surface area contributed by atoms with Crippen LogP contribution in [-0.2, 0) is 13.8 Å². The summed E-state index contributed by atoms with van der Waals surface area (Å²) in [5.74, 6) is 0.0312. The molecular formula is C10H14N5O7PS. The first-order chi connectivity index (χ1) is 11.2. The van der Waals surface area contributed by atoms with Crippen LogP contribution in [0, 0.1) is 4.64 Å². The zero-order valence-corrected chi connectivity index (χ0v) is 13.6. The number of rotatable bonds is 4. The number of anilines is 1. The number of aliphatic hydroxyl groups excluding tert-OH is 2. The number of aromatic nitrogens is 4. The molecule has 0 amide bonds. The first-order valence-corrected chi connectivity index (χ1v) is 8.55. The Morgan fingerprint density at radius 1 is 1.46 bits per heavy atom. The van der Waals surface area contributed by atoms with E-state index in [1.165, 1.54) is 10.9 Å². The van der Waals surface area contributed by atoms with Crippen LogP contribution in [-0.4, -0.2) is 64.4 Å². The van der Waals surface area contributed by atoms with Gasteiger partial charge in [-0.3, -0.25) is 9.09 Å². The van der Waals surface area contributed by atoms with E-state index in [-0.39, 0.29) is 10.6 Å². The van der Waals surface area contributed by atoms with Crippen LogP contribution in [0.15, 0.2) is 6.33 Å². The lowest BCUT2D eigenvalue weighted by Crippen LogP contribution is -2.33. The second-order valence-corrected chi connectivity index (χ2v) is 6.73. The van der Waals surface area contributed by atoms with Gasteiger partial charge in [0.2, 0.25) is 0 Å². The molecule has 132 valence electrons. The van der Waals surface area contributed by atoms with E-state index in [1.54, 1.807) is 0 Å². The van der Waals surface area contributed by atoms with Gasteiger partial charge < -0.3 is 35.5 Å². The highest BCUT2D eigenvalue weighted by Crippen LogP contribution is 2.38. The van der Waals surface area contributed by atoms with E-state index >= 15 is 0 Å². The number of hydrogen-bond acceptors (Lipinski definition) is 9. The van der Waals surface area contributed by atoms with Crippen molar-refractivity contribution in [2.45, 2.75) is 24.5 Å². The van der Waals surface area contributed by atoms with Gasteiger partial charge in [-0.1, -0.05) is 12.2 Å². The third-order valence-corrected chi connectivity index (χ3v) is 4.25. The molecule has 24 heavy (non-hydrogen) atoms. The molecule has 12 nitrogen and oxygen atoms in total. The summed E-state index contributed by atoms with van der Waals surface area (Å²) in [6, 6.07) is 0. The third-order valence-electron chi connectivity index (χ3n) is 3.48. The molecule has 0 aliphatic carbocycles. The Kier molecular flexibility index (Phi) is 4.44. The maximum Gasteiger partial charge on any atom is 0.469 e. The molecule has 0 aromatic carbocycles. The van der Waals surface area contributed by atoms with Crippen LogP contribution >= 0.6 is 20.0 Å². The van der Waals surface area contributed by atoms with Crippen LogP contribution in [0.1, 0.15) is 6.23 Å². The van der Waals surface area contributed by atoms with Crippen molar-refractivity contribution in [1.82, 2.24) is 19.5 Å². The SMILES string of the molecule is Nc1nc(=S)c2ncn([C@@H]3O[C@@H](COP(=O)(O)O)[C@@H](O)[C@@H]3O)c2[nH]1. The molecule has 1 fully saturated rings. The molecule has 1 aliphatic heterocycles. The number of imidazole rings is 1. The van der Waals surface area contributed by atoms with Crippen LogP contribution in [0.25, 0.3) is 11.2 Å². The van der Waals surface area contributed by atoms with Crippen molar-refractivity contribution in [3.63, 3.8) is 0 Å². The smallest absolute Gasteiger partial charge is 0.387 e. The van der Waals surface area contributed by atoms with E-state index in [9.17, 15) is 14.8 Å². The Morgan fingerprint density at radius 3 is 2.83 bits per heavy atom. The van der Waals surface area contributed by atoms with Crippen LogP contribution in [0.2, 0.25) is 0 Å². The molecule has 7 N–H and O–H groups in total. The summed E-state index contributed by atoms with van der Waals surface area (Å²) >= 11 is 5.04. The van der Waals surface area contributed by atoms with Crippen molar-refractivity contribution >= 4 is 37.2 Å². The van der Waals surface area contributed by atoms with Gasteiger partial charge in [0.15, 0.2) is 16.8 Å². The van der Waals surface area contributed by atoms with Gasteiger partial charge in [-0.2, -0.15) is 0 Å². The van der Waals surface area contributed by atoms with E-state index in [0.29, 0.717) is 11.2 Å². The Labute approximate surface area is 139 Å². The first-order valence-electron chi connectivity index (χ1n) is 6.61. The molecule has 2 aromatic heterocycles. The largest absolute Gasteiger partial charge is 0.469 e. The van der Waals surface area contributed by atoms with E-state index in [1.807, 2.05) is 0 Å². The van der Waals surface area contributed by atoms with E-state index in [4.69, 9.17) is 32.5 Å². The molecule has 2 aromatic rings. The number of ether oxygens (including phenoxy) is 1. The summed E-state index contributed by atoms with van der Waals surface area (Å²) in [5.41, 5.74) is 6.24. The fraction of sp³-hybridized carbons (Fsp3) is 0.500. The highest BCUT2D eigenvalue weighted by molar-refractivity contribution is 7.71. The Morgan fingerprint density at radius 2 is 2.17 bits per heavy atom. The van der Waals surface area contributed by atoms with Gasteiger partial charge in [-0.05, 0) is 0 Å². The fourth-order valence-electron chi connectivity index (χ4n) is 2.41. The third kappa shape index (κ3) is 3.20. The molecule has 4 atom stereocenters. The maximum absolute atomic E-state index is 10.8. The van der Waals surface area contributed by atoms with Gasteiger partial charge in [-0.25, -0.2) is 14.5 Å². The number of nitrogen functional groups attached to an aromatic ring is 1. The average molecular weight is 379 g/mol. The number of H-pyrrole nitrogens is 1. The minimum atomic E-state index is -4.73. The maximum atomic E-state index is 10.8. The van der Waals surface area contributed by atoms with Crippen molar-refractivity contribution in [2.75, 3.05) is 12.3 Å². The Hall–Kier alpha value is -1.44. The summed E-state index contributed by atoms with van der Waals surface area (Å²) in [6.07, 6.45) is -3.77. The second kappa shape index (κ2) is 6.13. The van der Waals surface area contributed by atoms with Crippen LogP contribution in [0.3, 0.4) is 0 Å². The molecule has 0 radical (unpaired) electrons. The number of phosphoric acid groups is 1. The molecule has 3 heterocycles. The lowest BCUT2D eigenvalue weighted by molar-refractivity contribution is -0.0503. The summed E-state index contributed by atoms with van der Waals surface area (Å²) < 4.78 is 22.0. The van der Waals surface area contributed by atoms with E-state index in [2.05, 4.69) is 19.5 Å². The van der Waals surface area contributed by atoms with Crippen LogP contribution in [0.4, 0.5) is 5.95 Å². The summed E-state index contributed by atoms with van der Waals surface area (Å²) in [4.78, 5) is 28.1. The predicted molar refractivity (Wildman–Crippen MR) is 81.0 cm³/mol. The van der Waals surface area contributed by atoms with E-state index < -0.39 is 39.0 Å². The minimum absolute atomic E-state index is 0.0312. The number of aromatic amines is 1. The minimum Gasteiger partial charge on any atom is -0.387 e. The molecule has 0 saturated carbocycles. The van der Waals surface area contributed by atoms with Crippen molar-refractivity contribution in [3.8, 4) is 0 Å². The second-order valence-electron chi connectivity index (χ2n) is 5.11. The lowest BCUT2D eigenvalue weighted by Gasteiger charge is -2.17. The lowest BCUT2D eigenvalue weighted by atomic mass is 10.1. The standard InChI is InChI=1S/C10H14N5O7PS/c11-10-13-7-4(8(24)14-10)12-2-15(7)9-6(17)5(16)3(22-9)1-21-23(18,19)20/h2-3,5-6,9,16-17H,1H2,(H2,18,19,20)(H3,11,13,14,24)/t3-,5+,6-,9+/m0/s1. The van der Waals surface area contributed by atoms with Gasteiger partial charge in [0, 0.05) is 0 Å². The number of nitrogens with two attached hydrogens (primary N) is 1. The zero-order chi connectivity index (χ0) is 17.6. The number of fused-ring (bicyclic) bond motifs is 1. The van der Waals surface area contributed by atoms with Gasteiger partial charge in [-0.15, -0.1) is 0 Å². The Balaban J connectivity index is 1.90. The summed E-state index contributed by atoms with van der Waals surface area (Å²) in [7, 11) is -4.73. The molecule has 1 aliphatic rings. The Bertz CT molecular complexity index is 865. The predicted octanol–water partition coefficient (Wildman–Crippen LogP) is -1.20. The molecule has 0 unspecified atom stereocenters. The topological polar surface area (TPSA) is 189 Å². The number of aliphatic hydroxyl groups is 2. The first kappa shape index (κ1) is 17.4. The molecule has 1 saturated heterocycles. The van der Waals surface area contributed by atoms with Crippen LogP contribution < -0.4 is 5.73 Å². The van der Waals surface area contributed by atoms with Crippen molar-refractivity contribution in [1.29, 1.82) is 0 Å². The van der Waals surface area contributed by atoms with Crippen molar-refractivity contribution in [2.24, 2.45) is 0 Å². The quantitative estimate of drug-likeness (QED) is 0.276. The number of nitrogens with zero attached hydrogens (tertiary/aromatic N) is 3. The van der Waals surface area contributed by atoms with Gasteiger partial charge in [0.25, 0.3) is 0 Å². The van der Waals surface area contributed by atoms with E-state index in [0.717, 1.165) is 0 Å². The average Bonchev–Trinajstić information content (AvgIpc) is 3.00. The zero-order valence-electron chi connectivity index (χ0n) is 11.9. The van der Waals surface area contributed by atoms with Crippen molar-refractivity contribution < 1.29 is 33.8 Å². The van der Waals surface area contributed by atoms with Gasteiger partial charge in [0.1, 0.15) is 29.5 Å². The molecule has 14 heteroatoms. The summed E-state index contributed by atoms with van der Waals surface area (Å²) in [5, 5.41) is 20.2. The van der Waals surface area contributed by atoms with Crippen molar-refractivity contribution in [3.05, 3.63) is 11.0 Å². The monoisotopic (exact) mass is 379 g/mol. The molecule has 0 bridgehead atoms. The number of nitrogens with one attached hydrogen (secondary N) is 1. The van der Waals surface area contributed by atoms with Gasteiger partial charge >= 0.3 is 7.82 Å². The normalized spacial score (nSPS) is 27.8. The highest BCUT2D eigenvalue weighted by atomic mass is 32.1. The fourth-order valence-corrected chi connectivity index (χ4v) is 3.00. The highest BCUT2D eigenvalue weighted by Gasteiger charge is 2.45.